The van der Waals surface area contributed by atoms with E-state index in [2.05, 4.69) is 21.2 Å². The molecule has 1 saturated carbocycles. The number of carbonyl (C=O) groups excluding carboxylic acids is 2. The van der Waals surface area contributed by atoms with E-state index in [1.165, 1.54) is 0 Å². The monoisotopic (exact) mass is 507 g/mol. The van der Waals surface area contributed by atoms with Crippen LogP contribution < -0.4 is 16.2 Å². The second-order valence-electron chi connectivity index (χ2n) is 7.47. The van der Waals surface area contributed by atoms with Gasteiger partial charge in [-0.3, -0.25) is 23.7 Å². The van der Waals surface area contributed by atoms with Crippen LogP contribution >= 0.6 is 15.9 Å². The Bertz CT molecular complexity index is 1130. The fourth-order valence-electron chi connectivity index (χ4n) is 3.18. The van der Waals surface area contributed by atoms with Gasteiger partial charge in [-0.2, -0.15) is 0 Å². The molecule has 0 aliphatic heterocycles. The van der Waals surface area contributed by atoms with Gasteiger partial charge in [0.05, 0.1) is 6.54 Å². The minimum atomic E-state index is -1.35. The number of hydrogen-bond acceptors (Lipinski definition) is 6. The van der Waals surface area contributed by atoms with E-state index in [1.807, 2.05) is 5.32 Å². The van der Waals surface area contributed by atoms with Crippen molar-refractivity contribution in [2.75, 3.05) is 13.1 Å². The van der Waals surface area contributed by atoms with Crippen LogP contribution in [0.15, 0.2) is 33.5 Å². The third kappa shape index (κ3) is 5.28. The number of carboxylic acid groups (broad SMARTS) is 1. The zero-order chi connectivity index (χ0) is 23.4. The molecule has 1 aliphatic rings. The summed E-state index contributed by atoms with van der Waals surface area (Å²) in [6.07, 6.45) is 2.88. The molecule has 32 heavy (non-hydrogen) atoms. The molecule has 1 aliphatic carbocycles. The number of hydrogen-bond donors (Lipinski definition) is 5. The number of aromatic nitrogens is 1. The molecule has 170 valence electrons. The number of aliphatic carboxylic acids is 1. The molecule has 2 amide bonds. The number of rotatable bonds is 9. The molecule has 3 rings (SSSR count). The lowest BCUT2D eigenvalue weighted by atomic mass is 10.1. The number of nitrogens with zero attached hydrogens (tertiary/aromatic N) is 1. The van der Waals surface area contributed by atoms with Crippen molar-refractivity contribution in [2.45, 2.75) is 25.8 Å². The Morgan fingerprint density at radius 2 is 1.72 bits per heavy atom. The summed E-state index contributed by atoms with van der Waals surface area (Å²) in [7, 11) is 0. The third-order valence-electron chi connectivity index (χ3n) is 5.09. The van der Waals surface area contributed by atoms with Gasteiger partial charge in [-0.25, -0.2) is 0 Å². The first kappa shape index (κ1) is 23.3. The molecule has 0 radical (unpaired) electrons. The molecule has 10 nitrogen and oxygen atoms in total. The van der Waals surface area contributed by atoms with E-state index in [0.717, 1.165) is 23.8 Å². The number of aromatic hydroxyl groups is 2. The van der Waals surface area contributed by atoms with Crippen LogP contribution in [0.3, 0.4) is 0 Å². The van der Waals surface area contributed by atoms with E-state index in [0.29, 0.717) is 16.0 Å². The van der Waals surface area contributed by atoms with Gasteiger partial charge in [-0.05, 0) is 24.0 Å². The van der Waals surface area contributed by atoms with Crippen LogP contribution in [0.25, 0.3) is 0 Å². The largest absolute Gasteiger partial charge is 0.506 e. The topological polar surface area (TPSA) is 158 Å². The molecular weight excluding hydrogens is 486 g/mol. The highest BCUT2D eigenvalue weighted by molar-refractivity contribution is 9.10. The van der Waals surface area contributed by atoms with E-state index in [1.54, 1.807) is 24.3 Å². The second-order valence-corrected chi connectivity index (χ2v) is 8.32. The zero-order valence-corrected chi connectivity index (χ0v) is 18.5. The van der Waals surface area contributed by atoms with Gasteiger partial charge in [-0.15, -0.1) is 0 Å². The van der Waals surface area contributed by atoms with Crippen LogP contribution in [0.5, 0.6) is 11.6 Å². The minimum absolute atomic E-state index is 0.214. The molecule has 0 spiro atoms. The first-order chi connectivity index (χ1) is 15.2. The number of pyridine rings is 1. The van der Waals surface area contributed by atoms with E-state index in [9.17, 15) is 29.4 Å². The summed E-state index contributed by atoms with van der Waals surface area (Å²) >= 11 is 3.34. The Hall–Kier alpha value is -3.34. The SMILES string of the molecule is O=C(O)CNC(=O)c1c(O)c(C(=O)NCCC2CC2)c(=O)n(Cc2ccccc2Br)c1O. The summed E-state index contributed by atoms with van der Waals surface area (Å²) in [5, 5.41) is 34.6. The van der Waals surface area contributed by atoms with Gasteiger partial charge in [0.15, 0.2) is 5.75 Å². The molecule has 0 saturated heterocycles. The standard InChI is InChI=1S/C21H22BrN3O7/c22-13-4-2-1-3-12(13)10-25-20(31)15(18(29)23-8-7-11-5-6-11)17(28)16(21(25)32)19(30)24-9-14(26)27/h1-4,11,28,32H,5-10H2,(H,23,29)(H,24,30)(H,26,27). The summed E-state index contributed by atoms with van der Waals surface area (Å²) in [5.74, 6) is -4.76. The number of benzene rings is 1. The molecule has 0 atom stereocenters. The van der Waals surface area contributed by atoms with Crippen molar-refractivity contribution >= 4 is 33.7 Å². The van der Waals surface area contributed by atoms with Crippen LogP contribution in [0.1, 0.15) is 45.5 Å². The van der Waals surface area contributed by atoms with Crippen molar-refractivity contribution < 1.29 is 29.7 Å². The van der Waals surface area contributed by atoms with E-state index >= 15 is 0 Å². The number of carbonyl (C=O) groups is 3. The number of nitrogens with one attached hydrogen (secondary N) is 2. The fraction of sp³-hybridized carbons (Fsp3) is 0.333. The summed E-state index contributed by atoms with van der Waals surface area (Å²) in [6, 6.07) is 6.83. The van der Waals surface area contributed by atoms with Crippen LogP contribution in [-0.2, 0) is 11.3 Å². The summed E-state index contributed by atoms with van der Waals surface area (Å²) in [4.78, 5) is 49.1. The van der Waals surface area contributed by atoms with E-state index in [-0.39, 0.29) is 13.1 Å². The quantitative estimate of drug-likeness (QED) is 0.343. The Balaban J connectivity index is 2.05. The Labute approximate surface area is 191 Å². The predicted molar refractivity (Wildman–Crippen MR) is 117 cm³/mol. The Morgan fingerprint density at radius 1 is 1.06 bits per heavy atom. The Morgan fingerprint density at radius 3 is 2.34 bits per heavy atom. The maximum absolute atomic E-state index is 13.1. The van der Waals surface area contributed by atoms with Gasteiger partial charge in [0.25, 0.3) is 17.4 Å². The summed E-state index contributed by atoms with van der Waals surface area (Å²) in [6.45, 7) is -0.716. The lowest BCUT2D eigenvalue weighted by Gasteiger charge is -2.17. The van der Waals surface area contributed by atoms with Gasteiger partial charge in [0.2, 0.25) is 5.88 Å². The predicted octanol–water partition coefficient (Wildman–Crippen LogP) is 1.41. The first-order valence-corrected chi connectivity index (χ1v) is 10.7. The molecular formula is C21H22BrN3O7. The normalized spacial score (nSPS) is 12.9. The third-order valence-corrected chi connectivity index (χ3v) is 5.86. The number of halogens is 1. The molecule has 5 N–H and O–H groups in total. The van der Waals surface area contributed by atoms with Gasteiger partial charge >= 0.3 is 5.97 Å². The molecule has 1 aromatic heterocycles. The van der Waals surface area contributed by atoms with Crippen LogP contribution in [0, 0.1) is 5.92 Å². The van der Waals surface area contributed by atoms with Crippen molar-refractivity contribution in [3.8, 4) is 11.6 Å². The highest BCUT2D eigenvalue weighted by Gasteiger charge is 2.30. The molecule has 11 heteroatoms. The van der Waals surface area contributed by atoms with Crippen molar-refractivity contribution in [3.05, 3.63) is 55.8 Å². The maximum Gasteiger partial charge on any atom is 0.322 e. The van der Waals surface area contributed by atoms with Gasteiger partial charge < -0.3 is 26.0 Å². The zero-order valence-electron chi connectivity index (χ0n) is 16.9. The van der Waals surface area contributed by atoms with Crippen LogP contribution in [0.2, 0.25) is 0 Å². The fourth-order valence-corrected chi connectivity index (χ4v) is 3.59. The van der Waals surface area contributed by atoms with E-state index in [4.69, 9.17) is 5.11 Å². The molecule has 2 aromatic rings. The van der Waals surface area contributed by atoms with Crippen molar-refractivity contribution in [2.24, 2.45) is 5.92 Å². The van der Waals surface area contributed by atoms with Gasteiger partial charge in [0.1, 0.15) is 17.7 Å². The molecule has 0 bridgehead atoms. The maximum atomic E-state index is 13.1. The Kier molecular flexibility index (Phi) is 7.18. The lowest BCUT2D eigenvalue weighted by Crippen LogP contribution is -2.37. The highest BCUT2D eigenvalue weighted by Crippen LogP contribution is 2.32. The van der Waals surface area contributed by atoms with Crippen molar-refractivity contribution in [1.29, 1.82) is 0 Å². The average Bonchev–Trinajstić information content (AvgIpc) is 3.55. The molecule has 1 aromatic carbocycles. The first-order valence-electron chi connectivity index (χ1n) is 9.91. The van der Waals surface area contributed by atoms with Crippen molar-refractivity contribution in [1.82, 2.24) is 15.2 Å². The number of amides is 2. The molecule has 1 heterocycles. The van der Waals surface area contributed by atoms with Gasteiger partial charge in [-0.1, -0.05) is 47.0 Å². The highest BCUT2D eigenvalue weighted by atomic mass is 79.9. The van der Waals surface area contributed by atoms with Crippen LogP contribution in [-0.4, -0.2) is 50.8 Å². The second kappa shape index (κ2) is 9.86. The average molecular weight is 508 g/mol. The molecule has 1 fully saturated rings. The minimum Gasteiger partial charge on any atom is -0.506 e. The van der Waals surface area contributed by atoms with Crippen LogP contribution in [0.4, 0.5) is 0 Å². The van der Waals surface area contributed by atoms with E-state index < -0.39 is 52.6 Å². The summed E-state index contributed by atoms with van der Waals surface area (Å²) < 4.78 is 1.40. The number of carboxylic acids is 1. The van der Waals surface area contributed by atoms with Crippen molar-refractivity contribution in [3.63, 3.8) is 0 Å². The lowest BCUT2D eigenvalue weighted by molar-refractivity contribution is -0.135. The summed E-state index contributed by atoms with van der Waals surface area (Å²) in [5.41, 5.74) is -1.89. The smallest absolute Gasteiger partial charge is 0.322 e. The van der Waals surface area contributed by atoms with Gasteiger partial charge in [0, 0.05) is 11.0 Å². The molecule has 0 unspecified atom stereocenters.